The first-order valence-corrected chi connectivity index (χ1v) is 14.1. The molecular formula is C24H26N4O6S2. The summed E-state index contributed by atoms with van der Waals surface area (Å²) in [4.78, 5) is 31.7. The number of urea groups is 1. The van der Waals surface area contributed by atoms with Gasteiger partial charge >= 0.3 is 6.03 Å². The smallest absolute Gasteiger partial charge is 0.317 e. The van der Waals surface area contributed by atoms with Gasteiger partial charge in [0.05, 0.1) is 18.4 Å². The van der Waals surface area contributed by atoms with E-state index in [2.05, 4.69) is 10.3 Å². The Morgan fingerprint density at radius 3 is 2.56 bits per heavy atom. The van der Waals surface area contributed by atoms with E-state index in [0.717, 1.165) is 28.8 Å². The molecular weight excluding hydrogens is 504 g/mol. The number of carbonyl (C=O) groups is 2. The standard InChI is InChI=1S/C24H26N4O6S2/c29-22(27-31)13-24(9-10-28(11-12-36(24,32)33)23(30)26-18-5-6-18)21-8-7-20(35-21)17-3-1-16(2-4-17)19-14-25-15-34-19/h1-4,7-8,14-15,18,31H,5-6,9-13H2,(H,26,30)(H,27,29). The molecule has 10 nitrogen and oxygen atoms in total. The van der Waals surface area contributed by atoms with Crippen LogP contribution < -0.4 is 10.8 Å². The normalized spacial score (nSPS) is 21.5. The van der Waals surface area contributed by atoms with Crippen LogP contribution in [0.1, 0.15) is 30.6 Å². The Bertz CT molecular complexity index is 1350. The Labute approximate surface area is 212 Å². The molecule has 12 heteroatoms. The maximum atomic E-state index is 13.7. The molecule has 3 heterocycles. The summed E-state index contributed by atoms with van der Waals surface area (Å²) in [5, 5.41) is 12.1. The van der Waals surface area contributed by atoms with E-state index >= 15 is 0 Å². The van der Waals surface area contributed by atoms with Gasteiger partial charge in [-0.2, -0.15) is 0 Å². The molecule has 3 N–H and O–H groups in total. The predicted molar refractivity (Wildman–Crippen MR) is 133 cm³/mol. The van der Waals surface area contributed by atoms with Crippen molar-refractivity contribution in [1.82, 2.24) is 20.7 Å². The Morgan fingerprint density at radius 2 is 1.89 bits per heavy atom. The van der Waals surface area contributed by atoms with Gasteiger partial charge in [0.15, 0.2) is 22.0 Å². The number of nitrogens with zero attached hydrogens (tertiary/aromatic N) is 2. The molecule has 3 aromatic rings. The Kier molecular flexibility index (Phi) is 6.58. The van der Waals surface area contributed by atoms with E-state index in [1.54, 1.807) is 17.7 Å². The van der Waals surface area contributed by atoms with Crippen LogP contribution in [0.2, 0.25) is 0 Å². The fraction of sp³-hybridized carbons (Fsp3) is 0.375. The maximum Gasteiger partial charge on any atom is 0.317 e. The molecule has 1 saturated heterocycles. The van der Waals surface area contributed by atoms with Crippen molar-refractivity contribution in [1.29, 1.82) is 0 Å². The number of oxazole rings is 1. The number of hydroxylamine groups is 1. The summed E-state index contributed by atoms with van der Waals surface area (Å²) in [6.45, 7) is 0.223. The summed E-state index contributed by atoms with van der Waals surface area (Å²) in [7, 11) is -3.87. The average molecular weight is 531 g/mol. The van der Waals surface area contributed by atoms with Crippen molar-refractivity contribution in [2.75, 3.05) is 18.8 Å². The zero-order valence-electron chi connectivity index (χ0n) is 19.3. The first-order chi connectivity index (χ1) is 17.3. The Hall–Kier alpha value is -3.22. The summed E-state index contributed by atoms with van der Waals surface area (Å²) in [5.74, 6) is -0.425. The predicted octanol–water partition coefficient (Wildman–Crippen LogP) is 3.15. The molecule has 2 fully saturated rings. The maximum absolute atomic E-state index is 13.7. The third-order valence-electron chi connectivity index (χ3n) is 6.72. The minimum atomic E-state index is -3.87. The lowest BCUT2D eigenvalue weighted by molar-refractivity contribution is -0.129. The first kappa shape index (κ1) is 24.5. The molecule has 2 aliphatic rings. The van der Waals surface area contributed by atoms with Crippen LogP contribution in [0, 0.1) is 0 Å². The van der Waals surface area contributed by atoms with Crippen LogP contribution in [0.25, 0.3) is 21.8 Å². The van der Waals surface area contributed by atoms with Gasteiger partial charge in [-0.25, -0.2) is 23.7 Å². The van der Waals surface area contributed by atoms with Gasteiger partial charge < -0.3 is 14.6 Å². The van der Waals surface area contributed by atoms with Gasteiger partial charge in [-0.05, 0) is 37.0 Å². The number of benzene rings is 1. The second-order valence-electron chi connectivity index (χ2n) is 9.09. The van der Waals surface area contributed by atoms with Crippen molar-refractivity contribution in [3.63, 3.8) is 0 Å². The van der Waals surface area contributed by atoms with Crippen LogP contribution in [0.5, 0.6) is 0 Å². The number of amides is 3. The number of hydrogen-bond acceptors (Lipinski definition) is 8. The summed E-state index contributed by atoms with van der Waals surface area (Å²) in [5.41, 5.74) is 3.33. The van der Waals surface area contributed by atoms with Gasteiger partial charge in [0.1, 0.15) is 4.75 Å². The highest BCUT2D eigenvalue weighted by atomic mass is 32.2. The number of nitrogens with one attached hydrogen (secondary N) is 2. The minimum absolute atomic E-state index is 0.0463. The van der Waals surface area contributed by atoms with Crippen LogP contribution in [-0.2, 0) is 19.4 Å². The zero-order valence-corrected chi connectivity index (χ0v) is 21.0. The lowest BCUT2D eigenvalue weighted by atomic mass is 9.97. The quantitative estimate of drug-likeness (QED) is 0.328. The third kappa shape index (κ3) is 4.75. The molecule has 5 rings (SSSR count). The number of thiophene rings is 1. The number of sulfone groups is 1. The molecule has 2 aromatic heterocycles. The molecule has 1 aliphatic heterocycles. The molecule has 3 amide bonds. The van der Waals surface area contributed by atoms with E-state index in [-0.39, 0.29) is 37.3 Å². The van der Waals surface area contributed by atoms with E-state index in [9.17, 15) is 23.2 Å². The number of rotatable bonds is 6. The summed E-state index contributed by atoms with van der Waals surface area (Å²) < 4.78 is 31.1. The lowest BCUT2D eigenvalue weighted by Gasteiger charge is -2.30. The largest absolute Gasteiger partial charge is 0.444 e. The second-order valence-corrected chi connectivity index (χ2v) is 12.6. The zero-order chi connectivity index (χ0) is 25.3. The summed E-state index contributed by atoms with van der Waals surface area (Å²) in [6, 6.07) is 11.0. The molecule has 1 atom stereocenters. The van der Waals surface area contributed by atoms with Crippen LogP contribution in [0.4, 0.5) is 4.79 Å². The molecule has 1 aliphatic carbocycles. The van der Waals surface area contributed by atoms with E-state index in [1.165, 1.54) is 22.6 Å². The van der Waals surface area contributed by atoms with Gasteiger partial charge in [-0.1, -0.05) is 24.3 Å². The van der Waals surface area contributed by atoms with Crippen LogP contribution >= 0.6 is 11.3 Å². The lowest BCUT2D eigenvalue weighted by Crippen LogP contribution is -2.42. The van der Waals surface area contributed by atoms with Gasteiger partial charge in [0.25, 0.3) is 0 Å². The number of carbonyl (C=O) groups excluding carboxylic acids is 2. The summed E-state index contributed by atoms with van der Waals surface area (Å²) in [6.07, 6.45) is 4.45. The molecule has 1 unspecified atom stereocenters. The minimum Gasteiger partial charge on any atom is -0.444 e. The highest BCUT2D eigenvalue weighted by Crippen LogP contribution is 2.45. The molecule has 0 bridgehead atoms. The third-order valence-corrected chi connectivity index (χ3v) is 10.7. The van der Waals surface area contributed by atoms with Gasteiger partial charge in [-0.3, -0.25) is 10.0 Å². The molecule has 36 heavy (non-hydrogen) atoms. The van der Waals surface area contributed by atoms with Crippen LogP contribution in [-0.4, -0.2) is 60.3 Å². The van der Waals surface area contributed by atoms with Crippen LogP contribution in [0.3, 0.4) is 0 Å². The molecule has 1 aromatic carbocycles. The van der Waals surface area contributed by atoms with Crippen LogP contribution in [0.15, 0.2) is 53.4 Å². The van der Waals surface area contributed by atoms with Crippen molar-refractivity contribution in [3.8, 4) is 21.8 Å². The van der Waals surface area contributed by atoms with Crippen molar-refractivity contribution >= 4 is 33.1 Å². The molecule has 0 radical (unpaired) electrons. The van der Waals surface area contributed by atoms with Crippen molar-refractivity contribution in [3.05, 3.63) is 53.9 Å². The van der Waals surface area contributed by atoms with E-state index in [4.69, 9.17) is 4.42 Å². The molecule has 0 spiro atoms. The second kappa shape index (κ2) is 9.68. The highest BCUT2D eigenvalue weighted by Gasteiger charge is 2.50. The number of aromatic nitrogens is 1. The van der Waals surface area contributed by atoms with Crippen molar-refractivity contribution in [2.24, 2.45) is 0 Å². The van der Waals surface area contributed by atoms with Crippen molar-refractivity contribution in [2.45, 2.75) is 36.5 Å². The Morgan fingerprint density at radius 1 is 1.14 bits per heavy atom. The van der Waals surface area contributed by atoms with E-state index < -0.39 is 26.9 Å². The SMILES string of the molecule is O=C(CC1(c2ccc(-c3ccc(-c4cnco4)cc3)s2)CCN(C(=O)NC2CC2)CCS1(=O)=O)NO. The molecule has 190 valence electrons. The topological polar surface area (TPSA) is 142 Å². The monoisotopic (exact) mass is 530 g/mol. The van der Waals surface area contributed by atoms with E-state index in [0.29, 0.717) is 10.6 Å². The fourth-order valence-electron chi connectivity index (χ4n) is 4.46. The fourth-order valence-corrected chi connectivity index (χ4v) is 8.07. The van der Waals surface area contributed by atoms with Gasteiger partial charge in [0.2, 0.25) is 5.91 Å². The summed E-state index contributed by atoms with van der Waals surface area (Å²) >= 11 is 1.29. The first-order valence-electron chi connectivity index (χ1n) is 11.6. The van der Waals surface area contributed by atoms with Gasteiger partial charge in [-0.15, -0.1) is 11.3 Å². The average Bonchev–Trinajstić information content (AvgIpc) is 3.33. The molecule has 1 saturated carbocycles. The van der Waals surface area contributed by atoms with Gasteiger partial charge in [0, 0.05) is 34.4 Å². The van der Waals surface area contributed by atoms with E-state index in [1.807, 2.05) is 30.3 Å². The number of hydrogen-bond donors (Lipinski definition) is 3. The highest BCUT2D eigenvalue weighted by molar-refractivity contribution is 7.92. The van der Waals surface area contributed by atoms with Crippen molar-refractivity contribution < 1.29 is 27.6 Å². The Balaban J connectivity index is 1.46.